The normalized spacial score (nSPS) is 44.0. The molecule has 1 spiro atoms. The van der Waals surface area contributed by atoms with E-state index in [1.165, 1.54) is 19.3 Å². The minimum absolute atomic E-state index is 0.395. The molecule has 0 bridgehead atoms. The molecule has 0 amide bonds. The van der Waals surface area contributed by atoms with Gasteiger partial charge in [0, 0.05) is 18.5 Å². The largest absolute Gasteiger partial charge is 0.378 e. The van der Waals surface area contributed by atoms with Crippen LogP contribution in [0.4, 0.5) is 0 Å². The fraction of sp³-hybridized carbons (Fsp3) is 1.00. The highest BCUT2D eigenvalue weighted by Crippen LogP contribution is 2.39. The Morgan fingerprint density at radius 3 is 3.00 bits per heavy atom. The van der Waals surface area contributed by atoms with Crippen LogP contribution in [0.15, 0.2) is 0 Å². The zero-order valence-corrected chi connectivity index (χ0v) is 7.75. The summed E-state index contributed by atoms with van der Waals surface area (Å²) in [6, 6.07) is 0. The molecule has 0 radical (unpaired) electrons. The van der Waals surface area contributed by atoms with Crippen LogP contribution in [0.3, 0.4) is 0 Å². The third kappa shape index (κ3) is 1.49. The molecule has 0 aliphatic carbocycles. The topological polar surface area (TPSA) is 38.5 Å². The van der Waals surface area contributed by atoms with Crippen molar-refractivity contribution in [1.29, 1.82) is 0 Å². The quantitative estimate of drug-likeness (QED) is 0.545. The number of ether oxygens (including phenoxy) is 1. The van der Waals surface area contributed by atoms with E-state index in [1.807, 2.05) is 5.01 Å². The number of nitrogens with zero attached hydrogens (tertiary/aromatic N) is 1. The second-order valence-electron chi connectivity index (χ2n) is 4.40. The molecule has 70 valence electrons. The van der Waals surface area contributed by atoms with E-state index < -0.39 is 0 Å². The summed E-state index contributed by atoms with van der Waals surface area (Å²) in [4.78, 5) is 0. The molecule has 2 saturated heterocycles. The first-order chi connectivity index (χ1) is 5.70. The van der Waals surface area contributed by atoms with Gasteiger partial charge >= 0.3 is 0 Å². The molecule has 2 unspecified atom stereocenters. The van der Waals surface area contributed by atoms with Crippen molar-refractivity contribution in [2.24, 2.45) is 11.3 Å². The number of hydrazine groups is 1. The molecule has 3 heteroatoms. The Morgan fingerprint density at radius 1 is 1.58 bits per heavy atom. The van der Waals surface area contributed by atoms with Gasteiger partial charge in [-0.1, -0.05) is 0 Å². The molecule has 2 aliphatic heterocycles. The molecule has 0 aromatic rings. The van der Waals surface area contributed by atoms with Crippen LogP contribution < -0.4 is 5.84 Å². The number of nitrogens with two attached hydrogens (primary N) is 1. The van der Waals surface area contributed by atoms with E-state index in [4.69, 9.17) is 10.6 Å². The average molecular weight is 170 g/mol. The second-order valence-corrected chi connectivity index (χ2v) is 4.40. The first-order valence-corrected chi connectivity index (χ1v) is 4.81. The minimum atomic E-state index is 0.395. The fourth-order valence-corrected chi connectivity index (χ4v) is 2.58. The van der Waals surface area contributed by atoms with E-state index >= 15 is 0 Å². The second kappa shape index (κ2) is 2.98. The molecule has 0 aromatic heterocycles. The maximum atomic E-state index is 5.81. The Bertz CT molecular complexity index is 170. The zero-order valence-electron chi connectivity index (χ0n) is 7.75. The summed E-state index contributed by atoms with van der Waals surface area (Å²) in [6.45, 7) is 5.15. The maximum Gasteiger partial charge on any atom is 0.0553 e. The van der Waals surface area contributed by atoms with Crippen LogP contribution in [0, 0.1) is 5.41 Å². The molecule has 2 aliphatic rings. The molecule has 0 saturated carbocycles. The Labute approximate surface area is 73.8 Å². The van der Waals surface area contributed by atoms with Crippen molar-refractivity contribution in [3.05, 3.63) is 0 Å². The number of piperidine rings is 1. The number of hydrogen-bond donors (Lipinski definition) is 1. The van der Waals surface area contributed by atoms with Gasteiger partial charge in [0.2, 0.25) is 0 Å². The summed E-state index contributed by atoms with van der Waals surface area (Å²) in [5.41, 5.74) is 0.395. The molecule has 2 rings (SSSR count). The van der Waals surface area contributed by atoms with Gasteiger partial charge in [0.1, 0.15) is 0 Å². The van der Waals surface area contributed by atoms with Gasteiger partial charge in [-0.05, 0) is 26.2 Å². The Hall–Kier alpha value is -0.120. The van der Waals surface area contributed by atoms with Crippen molar-refractivity contribution >= 4 is 0 Å². The summed E-state index contributed by atoms with van der Waals surface area (Å²) in [7, 11) is 0. The molecular formula is C9H18N2O. The lowest BCUT2D eigenvalue weighted by Gasteiger charge is -2.37. The van der Waals surface area contributed by atoms with Gasteiger partial charge in [-0.25, -0.2) is 5.01 Å². The standard InChI is InChI=1S/C9H18N2O/c1-8-5-9(7-12-8)3-2-4-11(10)6-9/h8H,2-7,10H2,1H3. The zero-order chi connectivity index (χ0) is 8.60. The summed E-state index contributed by atoms with van der Waals surface area (Å²) in [5, 5.41) is 1.95. The lowest BCUT2D eigenvalue weighted by atomic mass is 9.79. The van der Waals surface area contributed by atoms with Gasteiger partial charge in [0.25, 0.3) is 0 Å². The Morgan fingerprint density at radius 2 is 2.42 bits per heavy atom. The van der Waals surface area contributed by atoms with Crippen molar-refractivity contribution in [3.63, 3.8) is 0 Å². The molecule has 12 heavy (non-hydrogen) atoms. The highest BCUT2D eigenvalue weighted by molar-refractivity contribution is 4.91. The van der Waals surface area contributed by atoms with E-state index in [9.17, 15) is 0 Å². The number of rotatable bonds is 0. The van der Waals surface area contributed by atoms with Gasteiger partial charge < -0.3 is 4.74 Å². The smallest absolute Gasteiger partial charge is 0.0553 e. The van der Waals surface area contributed by atoms with Gasteiger partial charge in [0.15, 0.2) is 0 Å². The Kier molecular flexibility index (Phi) is 2.10. The van der Waals surface area contributed by atoms with E-state index in [0.717, 1.165) is 19.7 Å². The van der Waals surface area contributed by atoms with Crippen LogP contribution in [-0.2, 0) is 4.74 Å². The summed E-state index contributed by atoms with van der Waals surface area (Å²) in [6.07, 6.45) is 4.16. The lowest BCUT2D eigenvalue weighted by Crippen LogP contribution is -2.47. The van der Waals surface area contributed by atoms with Crippen molar-refractivity contribution < 1.29 is 4.74 Å². The van der Waals surface area contributed by atoms with Crippen LogP contribution >= 0.6 is 0 Å². The predicted molar refractivity (Wildman–Crippen MR) is 47.5 cm³/mol. The Balaban J connectivity index is 2.00. The van der Waals surface area contributed by atoms with Gasteiger partial charge in [-0.15, -0.1) is 0 Å². The predicted octanol–water partition coefficient (Wildman–Crippen LogP) is 0.751. The van der Waals surface area contributed by atoms with Crippen LogP contribution in [0.25, 0.3) is 0 Å². The van der Waals surface area contributed by atoms with E-state index in [-0.39, 0.29) is 0 Å². The van der Waals surface area contributed by atoms with Crippen molar-refractivity contribution in [3.8, 4) is 0 Å². The van der Waals surface area contributed by atoms with Gasteiger partial charge in [-0.3, -0.25) is 5.84 Å². The third-order valence-corrected chi connectivity index (χ3v) is 3.09. The summed E-state index contributed by atoms with van der Waals surface area (Å²) >= 11 is 0. The van der Waals surface area contributed by atoms with E-state index in [1.54, 1.807) is 0 Å². The minimum Gasteiger partial charge on any atom is -0.378 e. The molecule has 3 nitrogen and oxygen atoms in total. The molecule has 2 fully saturated rings. The average Bonchev–Trinajstić information content (AvgIpc) is 2.32. The molecule has 2 N–H and O–H groups in total. The van der Waals surface area contributed by atoms with Crippen LogP contribution in [0.2, 0.25) is 0 Å². The highest BCUT2D eigenvalue weighted by Gasteiger charge is 2.40. The van der Waals surface area contributed by atoms with E-state index in [0.29, 0.717) is 11.5 Å². The molecule has 2 atom stereocenters. The number of hydrogen-bond acceptors (Lipinski definition) is 3. The lowest BCUT2D eigenvalue weighted by molar-refractivity contribution is 0.0598. The third-order valence-electron chi connectivity index (χ3n) is 3.09. The monoisotopic (exact) mass is 170 g/mol. The van der Waals surface area contributed by atoms with Crippen LogP contribution in [0.5, 0.6) is 0 Å². The van der Waals surface area contributed by atoms with Crippen molar-refractivity contribution in [2.45, 2.75) is 32.3 Å². The molecule has 0 aromatic carbocycles. The summed E-state index contributed by atoms with van der Waals surface area (Å²) in [5.74, 6) is 5.81. The van der Waals surface area contributed by atoms with Crippen molar-refractivity contribution in [1.82, 2.24) is 5.01 Å². The first-order valence-electron chi connectivity index (χ1n) is 4.81. The molecular weight excluding hydrogens is 152 g/mol. The van der Waals surface area contributed by atoms with Gasteiger partial charge in [0.05, 0.1) is 12.7 Å². The fourth-order valence-electron chi connectivity index (χ4n) is 2.58. The van der Waals surface area contributed by atoms with E-state index in [2.05, 4.69) is 6.92 Å². The first kappa shape index (κ1) is 8.48. The molecule has 2 heterocycles. The van der Waals surface area contributed by atoms with Gasteiger partial charge in [-0.2, -0.15) is 0 Å². The summed E-state index contributed by atoms with van der Waals surface area (Å²) < 4.78 is 5.61. The van der Waals surface area contributed by atoms with Crippen molar-refractivity contribution in [2.75, 3.05) is 19.7 Å². The maximum absolute atomic E-state index is 5.81. The van der Waals surface area contributed by atoms with Crippen LogP contribution in [0.1, 0.15) is 26.2 Å². The van der Waals surface area contributed by atoms with Crippen LogP contribution in [-0.4, -0.2) is 30.8 Å². The highest BCUT2D eigenvalue weighted by atomic mass is 16.5. The SMILES string of the molecule is CC1CC2(CCCN(N)C2)CO1.